The molecule has 2 aliphatic heterocycles. The summed E-state index contributed by atoms with van der Waals surface area (Å²) in [5.41, 5.74) is 22.8. The molecule has 0 saturated heterocycles. The molecule has 0 saturated carbocycles. The minimum Gasteiger partial charge on any atom is -0.468 e. The molecule has 0 fully saturated rings. The number of aryl methyl sites for hydroxylation is 1. The van der Waals surface area contributed by atoms with E-state index >= 15 is 0 Å². The number of para-hydroxylation sites is 3. The average molecular weight is 975 g/mol. The van der Waals surface area contributed by atoms with Gasteiger partial charge in [-0.05, 0) is 159 Å². The number of furan rings is 1. The molecule has 5 nitrogen and oxygen atoms in total. The molecule has 11 aromatic rings. The first-order valence-electron chi connectivity index (χ1n) is 26.6. The van der Waals surface area contributed by atoms with Crippen LogP contribution in [-0.4, -0.2) is 11.3 Å². The van der Waals surface area contributed by atoms with Gasteiger partial charge in [0.05, 0.1) is 22.4 Å². The van der Waals surface area contributed by atoms with Crippen LogP contribution >= 0.6 is 0 Å². The Morgan fingerprint density at radius 1 is 0.413 bits per heavy atom. The number of rotatable bonds is 6. The predicted molar refractivity (Wildman–Crippen MR) is 320 cm³/mol. The Bertz CT molecular complexity index is 4010. The third-order valence-corrected chi connectivity index (χ3v) is 15.9. The summed E-state index contributed by atoms with van der Waals surface area (Å²) in [6, 6.07) is 74.8. The maximum atomic E-state index is 7.25. The number of anilines is 9. The van der Waals surface area contributed by atoms with E-state index in [9.17, 15) is 0 Å². The molecule has 4 heterocycles. The van der Waals surface area contributed by atoms with Crippen molar-refractivity contribution in [2.45, 2.75) is 85.5 Å². The fourth-order valence-electron chi connectivity index (χ4n) is 12.0. The lowest BCUT2D eigenvalue weighted by Crippen LogP contribution is -2.61. The quantitative estimate of drug-likeness (QED) is 0.155. The van der Waals surface area contributed by atoms with Crippen molar-refractivity contribution in [1.82, 2.24) is 4.57 Å². The van der Waals surface area contributed by atoms with E-state index in [0.717, 1.165) is 73.3 Å². The van der Waals surface area contributed by atoms with Gasteiger partial charge in [0.2, 0.25) is 0 Å². The number of hydrogen-bond donors (Lipinski definition) is 0. The summed E-state index contributed by atoms with van der Waals surface area (Å²) in [5, 5.41) is 3.56. The first-order chi connectivity index (χ1) is 36.0. The number of benzene rings is 9. The maximum absolute atomic E-state index is 7.25. The number of fused-ring (bicyclic) bond motifs is 9. The molecule has 13 rings (SSSR count). The van der Waals surface area contributed by atoms with Crippen molar-refractivity contribution >= 4 is 107 Å². The van der Waals surface area contributed by atoms with Crippen LogP contribution in [0.4, 0.5) is 51.2 Å². The zero-order valence-corrected chi connectivity index (χ0v) is 44.8. The highest BCUT2D eigenvalue weighted by molar-refractivity contribution is 7.00. The van der Waals surface area contributed by atoms with Gasteiger partial charge in [0, 0.05) is 67.3 Å². The van der Waals surface area contributed by atoms with Gasteiger partial charge >= 0.3 is 0 Å². The van der Waals surface area contributed by atoms with Gasteiger partial charge in [0.1, 0.15) is 5.58 Å². The molecule has 2 aliphatic rings. The third kappa shape index (κ3) is 7.59. The van der Waals surface area contributed by atoms with E-state index < -0.39 is 0 Å². The SMILES string of the molecule is Cc1cc2c3c(c1)N(c1ccc(C(C)(C)C)cc1)c1c(oc4ccccc14)B3c1ccc(N(c3ccc(C(C)(C)C)cc3)c3ccc4c5ccccc5n(-c5ccccc5)c4c3)cc1N2c1ccc(C(C)(C)C)cc1. The van der Waals surface area contributed by atoms with Gasteiger partial charge in [-0.15, -0.1) is 0 Å². The first-order valence-corrected chi connectivity index (χ1v) is 26.6. The summed E-state index contributed by atoms with van der Waals surface area (Å²) in [7, 11) is 0. The van der Waals surface area contributed by atoms with Crippen LogP contribution in [0, 0.1) is 6.92 Å². The van der Waals surface area contributed by atoms with Crippen molar-refractivity contribution in [2.75, 3.05) is 14.7 Å². The highest BCUT2D eigenvalue weighted by atomic mass is 16.3. The first kappa shape index (κ1) is 46.6. The maximum Gasteiger partial charge on any atom is 0.297 e. The lowest BCUT2D eigenvalue weighted by atomic mass is 9.35. The predicted octanol–water partition coefficient (Wildman–Crippen LogP) is 17.3. The summed E-state index contributed by atoms with van der Waals surface area (Å²) >= 11 is 0. The highest BCUT2D eigenvalue weighted by Crippen LogP contribution is 2.49. The average Bonchev–Trinajstić information content (AvgIpc) is 3.98. The van der Waals surface area contributed by atoms with Crippen LogP contribution < -0.4 is 31.3 Å². The third-order valence-electron chi connectivity index (χ3n) is 15.9. The Labute approximate surface area is 442 Å². The van der Waals surface area contributed by atoms with Gasteiger partial charge < -0.3 is 23.7 Å². The molecule has 9 aromatic carbocycles. The van der Waals surface area contributed by atoms with Gasteiger partial charge in [-0.2, -0.15) is 0 Å². The van der Waals surface area contributed by atoms with Crippen LogP contribution in [0.2, 0.25) is 0 Å². The summed E-state index contributed by atoms with van der Waals surface area (Å²) in [5.74, 6) is 0. The Hall–Kier alpha value is -8.22. The number of nitrogens with zero attached hydrogens (tertiary/aromatic N) is 4. The molecule has 0 spiro atoms. The van der Waals surface area contributed by atoms with Crippen molar-refractivity contribution in [2.24, 2.45) is 0 Å². The molecule has 75 heavy (non-hydrogen) atoms. The van der Waals surface area contributed by atoms with E-state index in [0.29, 0.717) is 0 Å². The molecule has 0 radical (unpaired) electrons. The Morgan fingerprint density at radius 2 is 0.920 bits per heavy atom. The standard InChI is InChI=1S/C69H63BN4O/c1-44-40-61-64-62(41-44)74(51-34-28-47(29-35-51)69(8,9)10)65-56-21-15-17-23-63(56)75-66(65)70(64)57-39-37-53(43-60(57)73(61)50-32-26-46(27-33-50)68(5,6)7)71(49-30-24-45(25-31-49)67(2,3)4)52-36-38-55-54-20-14-16-22-58(54)72(59(55)42-52)48-18-12-11-13-19-48/h11-43H,1-10H3. The minimum absolute atomic E-state index is 0.000905. The van der Waals surface area contributed by atoms with Gasteiger partial charge in [-0.25, -0.2) is 0 Å². The summed E-state index contributed by atoms with van der Waals surface area (Å²) in [6.07, 6.45) is 0. The van der Waals surface area contributed by atoms with E-state index in [-0.39, 0.29) is 23.0 Å². The second-order valence-corrected chi connectivity index (χ2v) is 24.0. The van der Waals surface area contributed by atoms with E-state index in [4.69, 9.17) is 4.42 Å². The zero-order valence-electron chi connectivity index (χ0n) is 44.8. The van der Waals surface area contributed by atoms with E-state index in [1.165, 1.54) is 55.2 Å². The van der Waals surface area contributed by atoms with Crippen LogP contribution in [0.25, 0.3) is 38.5 Å². The summed E-state index contributed by atoms with van der Waals surface area (Å²) in [4.78, 5) is 7.46. The summed E-state index contributed by atoms with van der Waals surface area (Å²) < 4.78 is 9.66. The van der Waals surface area contributed by atoms with E-state index in [2.05, 4.69) is 289 Å². The van der Waals surface area contributed by atoms with Crippen LogP contribution in [0.15, 0.2) is 205 Å². The lowest BCUT2D eigenvalue weighted by molar-refractivity contribution is 0.590. The molecule has 0 amide bonds. The summed E-state index contributed by atoms with van der Waals surface area (Å²) in [6.45, 7) is 22.6. The minimum atomic E-state index is -0.185. The van der Waals surface area contributed by atoms with Crippen molar-refractivity contribution in [1.29, 1.82) is 0 Å². The zero-order chi connectivity index (χ0) is 51.7. The number of aromatic nitrogens is 1. The topological polar surface area (TPSA) is 27.8 Å². The lowest BCUT2D eigenvalue weighted by Gasteiger charge is -2.43. The molecule has 0 aliphatic carbocycles. The van der Waals surface area contributed by atoms with Gasteiger partial charge in [-0.1, -0.05) is 159 Å². The molecular weight excluding hydrogens is 912 g/mol. The fourth-order valence-corrected chi connectivity index (χ4v) is 12.0. The second kappa shape index (κ2) is 16.9. The number of hydrogen-bond acceptors (Lipinski definition) is 4. The van der Waals surface area contributed by atoms with Crippen molar-refractivity contribution in [3.05, 3.63) is 222 Å². The highest BCUT2D eigenvalue weighted by Gasteiger charge is 2.47. The van der Waals surface area contributed by atoms with E-state index in [1.807, 2.05) is 0 Å². The second-order valence-electron chi connectivity index (χ2n) is 24.0. The molecule has 0 N–H and O–H groups in total. The Kier molecular flexibility index (Phi) is 10.5. The van der Waals surface area contributed by atoms with Crippen molar-refractivity contribution < 1.29 is 4.42 Å². The van der Waals surface area contributed by atoms with E-state index in [1.54, 1.807) is 0 Å². The molecule has 2 aromatic heterocycles. The van der Waals surface area contributed by atoms with Crippen LogP contribution in [0.5, 0.6) is 0 Å². The molecule has 6 heteroatoms. The van der Waals surface area contributed by atoms with Crippen LogP contribution in [0.3, 0.4) is 0 Å². The van der Waals surface area contributed by atoms with Crippen molar-refractivity contribution in [3.8, 4) is 5.69 Å². The van der Waals surface area contributed by atoms with Gasteiger partial charge in [-0.3, -0.25) is 0 Å². The smallest absolute Gasteiger partial charge is 0.297 e. The molecule has 0 unspecified atom stereocenters. The largest absolute Gasteiger partial charge is 0.468 e. The molecular formula is C69H63BN4O. The van der Waals surface area contributed by atoms with Gasteiger partial charge in [0.25, 0.3) is 6.71 Å². The monoisotopic (exact) mass is 975 g/mol. The molecule has 368 valence electrons. The Balaban J connectivity index is 1.08. The molecule has 0 atom stereocenters. The fraction of sp³-hybridized carbons (Fsp3) is 0.188. The normalized spacial score (nSPS) is 13.4. The molecule has 0 bridgehead atoms. The Morgan fingerprint density at radius 3 is 1.56 bits per heavy atom. The van der Waals surface area contributed by atoms with Gasteiger partial charge in [0.15, 0.2) is 0 Å². The van der Waals surface area contributed by atoms with Crippen LogP contribution in [0.1, 0.15) is 84.6 Å². The van der Waals surface area contributed by atoms with Crippen LogP contribution in [-0.2, 0) is 16.2 Å². The van der Waals surface area contributed by atoms with Crippen molar-refractivity contribution in [3.63, 3.8) is 0 Å².